The number of halogens is 1. The molecule has 17 heavy (non-hydrogen) atoms. The number of nitrogens with zero attached hydrogens (tertiary/aromatic N) is 3. The molecular weight excluding hydrogens is 282 g/mol. The first-order valence-corrected chi connectivity index (χ1v) is 7.16. The van der Waals surface area contributed by atoms with Gasteiger partial charge in [-0.2, -0.15) is 5.10 Å². The van der Waals surface area contributed by atoms with Crippen molar-refractivity contribution < 1.29 is 4.74 Å². The molecule has 96 valence electrons. The van der Waals surface area contributed by atoms with E-state index < -0.39 is 0 Å². The summed E-state index contributed by atoms with van der Waals surface area (Å²) in [5.41, 5.74) is 2.40. The lowest BCUT2D eigenvalue weighted by molar-refractivity contribution is 0.0852. The van der Waals surface area contributed by atoms with E-state index >= 15 is 0 Å². The lowest BCUT2D eigenvalue weighted by Gasteiger charge is -2.33. The van der Waals surface area contributed by atoms with E-state index in [2.05, 4.69) is 39.9 Å². The Bertz CT molecular complexity index is 385. The topological polar surface area (TPSA) is 30.3 Å². The maximum absolute atomic E-state index is 5.42. The third-order valence-electron chi connectivity index (χ3n) is 3.52. The molecular formula is C12H20BrN3O. The van der Waals surface area contributed by atoms with Crippen molar-refractivity contribution in [3.8, 4) is 0 Å². The highest BCUT2D eigenvalue weighted by atomic mass is 79.9. The molecule has 1 saturated heterocycles. The van der Waals surface area contributed by atoms with Crippen LogP contribution < -0.4 is 4.90 Å². The van der Waals surface area contributed by atoms with E-state index in [4.69, 9.17) is 4.74 Å². The Kier molecular flexibility index (Phi) is 4.09. The smallest absolute Gasteiger partial charge is 0.130 e. The van der Waals surface area contributed by atoms with Gasteiger partial charge in [-0.1, -0.05) is 15.9 Å². The summed E-state index contributed by atoms with van der Waals surface area (Å²) in [5.74, 6) is 1.23. The Morgan fingerprint density at radius 2 is 2.12 bits per heavy atom. The van der Waals surface area contributed by atoms with E-state index in [9.17, 15) is 0 Å². The van der Waals surface area contributed by atoms with Crippen LogP contribution in [0.3, 0.4) is 0 Å². The van der Waals surface area contributed by atoms with Gasteiger partial charge in [0.2, 0.25) is 0 Å². The van der Waals surface area contributed by atoms with E-state index in [1.54, 1.807) is 0 Å². The quantitative estimate of drug-likeness (QED) is 0.802. The summed E-state index contributed by atoms with van der Waals surface area (Å²) in [6, 6.07) is 0.566. The van der Waals surface area contributed by atoms with Crippen LogP contribution in [0.15, 0.2) is 0 Å². The minimum absolute atomic E-state index is 0.566. The molecule has 0 aliphatic carbocycles. The predicted molar refractivity (Wildman–Crippen MR) is 72.8 cm³/mol. The number of anilines is 1. The SMILES string of the molecule is Cc1nn(C)c(N(C)C2CCOCC2)c1CBr. The van der Waals surface area contributed by atoms with Crippen LogP contribution in [0.4, 0.5) is 5.82 Å². The number of alkyl halides is 1. The summed E-state index contributed by atoms with van der Waals surface area (Å²) in [5, 5.41) is 5.37. The summed E-state index contributed by atoms with van der Waals surface area (Å²) >= 11 is 3.56. The molecule has 0 unspecified atom stereocenters. The minimum atomic E-state index is 0.566. The molecule has 1 aliphatic rings. The van der Waals surface area contributed by atoms with E-state index in [1.165, 1.54) is 11.4 Å². The Morgan fingerprint density at radius 3 is 2.71 bits per heavy atom. The highest BCUT2D eigenvalue weighted by molar-refractivity contribution is 9.08. The van der Waals surface area contributed by atoms with Crippen LogP contribution in [0, 0.1) is 6.92 Å². The second-order valence-corrected chi connectivity index (χ2v) is 5.16. The van der Waals surface area contributed by atoms with Crippen LogP contribution in [0.1, 0.15) is 24.1 Å². The molecule has 2 rings (SSSR count). The summed E-state index contributed by atoms with van der Waals surface area (Å²) < 4.78 is 7.41. The van der Waals surface area contributed by atoms with E-state index in [1.807, 2.05) is 11.7 Å². The Labute approximate surface area is 111 Å². The van der Waals surface area contributed by atoms with Gasteiger partial charge in [-0.15, -0.1) is 0 Å². The molecule has 2 heterocycles. The monoisotopic (exact) mass is 301 g/mol. The molecule has 0 atom stereocenters. The Hall–Kier alpha value is -0.550. The molecule has 0 amide bonds. The van der Waals surface area contributed by atoms with Crippen LogP contribution >= 0.6 is 15.9 Å². The van der Waals surface area contributed by atoms with Gasteiger partial charge in [0.25, 0.3) is 0 Å². The molecule has 1 aliphatic heterocycles. The highest BCUT2D eigenvalue weighted by Gasteiger charge is 2.24. The zero-order valence-electron chi connectivity index (χ0n) is 10.7. The predicted octanol–water partition coefficient (Wildman–Crippen LogP) is 2.24. The fourth-order valence-corrected chi connectivity index (χ4v) is 3.19. The van der Waals surface area contributed by atoms with Crippen LogP contribution in [0.25, 0.3) is 0 Å². The van der Waals surface area contributed by atoms with Crippen molar-refractivity contribution in [1.82, 2.24) is 9.78 Å². The average Bonchev–Trinajstić information content (AvgIpc) is 2.63. The van der Waals surface area contributed by atoms with Gasteiger partial charge in [0, 0.05) is 44.2 Å². The molecule has 1 aromatic rings. The van der Waals surface area contributed by atoms with Crippen molar-refractivity contribution in [1.29, 1.82) is 0 Å². The van der Waals surface area contributed by atoms with Gasteiger partial charge >= 0.3 is 0 Å². The van der Waals surface area contributed by atoms with Crippen LogP contribution in [0.5, 0.6) is 0 Å². The van der Waals surface area contributed by atoms with Crippen molar-refractivity contribution in [3.63, 3.8) is 0 Å². The number of hydrogen-bond acceptors (Lipinski definition) is 3. The standard InChI is InChI=1S/C12H20BrN3O/c1-9-11(8-13)12(16(3)14-9)15(2)10-4-6-17-7-5-10/h10H,4-8H2,1-3H3. The lowest BCUT2D eigenvalue weighted by Crippen LogP contribution is -2.38. The second kappa shape index (κ2) is 5.40. The summed E-state index contributed by atoms with van der Waals surface area (Å²) in [6.07, 6.45) is 2.20. The molecule has 0 N–H and O–H groups in total. The van der Waals surface area contributed by atoms with Gasteiger partial charge in [0.1, 0.15) is 5.82 Å². The first kappa shape index (κ1) is 12.9. The van der Waals surface area contributed by atoms with Gasteiger partial charge in [0.05, 0.1) is 5.69 Å². The highest BCUT2D eigenvalue weighted by Crippen LogP contribution is 2.28. The maximum Gasteiger partial charge on any atom is 0.130 e. The largest absolute Gasteiger partial charge is 0.381 e. The van der Waals surface area contributed by atoms with Gasteiger partial charge in [-0.25, -0.2) is 0 Å². The van der Waals surface area contributed by atoms with E-state index in [0.717, 1.165) is 37.1 Å². The third kappa shape index (κ3) is 2.50. The average molecular weight is 302 g/mol. The minimum Gasteiger partial charge on any atom is -0.381 e. The van der Waals surface area contributed by atoms with Crippen molar-refractivity contribution >= 4 is 21.7 Å². The Morgan fingerprint density at radius 1 is 1.47 bits per heavy atom. The molecule has 1 fully saturated rings. The molecule has 5 heteroatoms. The van der Waals surface area contributed by atoms with Crippen molar-refractivity contribution in [3.05, 3.63) is 11.3 Å². The fourth-order valence-electron chi connectivity index (χ4n) is 2.53. The number of aromatic nitrogens is 2. The number of ether oxygens (including phenoxy) is 1. The molecule has 0 spiro atoms. The zero-order chi connectivity index (χ0) is 12.4. The van der Waals surface area contributed by atoms with Gasteiger partial charge in [-0.05, 0) is 19.8 Å². The molecule has 4 nitrogen and oxygen atoms in total. The number of hydrogen-bond donors (Lipinski definition) is 0. The first-order chi connectivity index (χ1) is 8.15. The van der Waals surface area contributed by atoms with Gasteiger partial charge in [0.15, 0.2) is 0 Å². The molecule has 0 aromatic carbocycles. The van der Waals surface area contributed by atoms with Gasteiger partial charge < -0.3 is 9.64 Å². The normalized spacial score (nSPS) is 17.4. The van der Waals surface area contributed by atoms with Crippen LogP contribution in [0.2, 0.25) is 0 Å². The van der Waals surface area contributed by atoms with E-state index in [-0.39, 0.29) is 0 Å². The zero-order valence-corrected chi connectivity index (χ0v) is 12.3. The van der Waals surface area contributed by atoms with Crippen molar-refractivity contribution in [2.75, 3.05) is 25.2 Å². The van der Waals surface area contributed by atoms with Crippen molar-refractivity contribution in [2.45, 2.75) is 31.1 Å². The molecule has 0 saturated carbocycles. The van der Waals surface area contributed by atoms with Gasteiger partial charge in [-0.3, -0.25) is 4.68 Å². The molecule has 1 aromatic heterocycles. The summed E-state index contributed by atoms with van der Waals surface area (Å²) in [6.45, 7) is 3.81. The van der Waals surface area contributed by atoms with E-state index in [0.29, 0.717) is 6.04 Å². The third-order valence-corrected chi connectivity index (χ3v) is 4.08. The molecule has 0 radical (unpaired) electrons. The number of rotatable bonds is 3. The first-order valence-electron chi connectivity index (χ1n) is 6.04. The Balaban J connectivity index is 2.25. The van der Waals surface area contributed by atoms with Crippen LogP contribution in [-0.4, -0.2) is 36.1 Å². The maximum atomic E-state index is 5.42. The van der Waals surface area contributed by atoms with Crippen LogP contribution in [-0.2, 0) is 17.1 Å². The fraction of sp³-hybridized carbons (Fsp3) is 0.750. The summed E-state index contributed by atoms with van der Waals surface area (Å²) in [4.78, 5) is 2.36. The second-order valence-electron chi connectivity index (χ2n) is 4.60. The van der Waals surface area contributed by atoms with Crippen molar-refractivity contribution in [2.24, 2.45) is 7.05 Å². The summed E-state index contributed by atoms with van der Waals surface area (Å²) in [7, 11) is 4.18. The lowest BCUT2D eigenvalue weighted by atomic mass is 10.1. The molecule has 0 bridgehead atoms. The number of aryl methyl sites for hydroxylation is 2.